The summed E-state index contributed by atoms with van der Waals surface area (Å²) in [4.78, 5) is 1.41. The highest BCUT2D eigenvalue weighted by Crippen LogP contribution is 2.42. The van der Waals surface area contributed by atoms with Crippen molar-refractivity contribution in [3.05, 3.63) is 120 Å². The average molecular weight is 530 g/mol. The number of benzene rings is 5. The van der Waals surface area contributed by atoms with Gasteiger partial charge in [-0.05, 0) is 87.3 Å². The lowest BCUT2D eigenvalue weighted by molar-refractivity contribution is 0.465. The largest absolute Gasteiger partial charge is 0.458 e. The van der Waals surface area contributed by atoms with Crippen LogP contribution in [-0.2, 0) is 6.42 Å². The third kappa shape index (κ3) is 3.23. The number of aryl methyl sites for hydroxylation is 1. The summed E-state index contributed by atoms with van der Waals surface area (Å²) in [6.45, 7) is 0.100. The first-order valence-electron chi connectivity index (χ1n) is 13.8. The van der Waals surface area contributed by atoms with Crippen molar-refractivity contribution in [2.75, 3.05) is 0 Å². The molecule has 2 aliphatic heterocycles. The van der Waals surface area contributed by atoms with Crippen LogP contribution in [0.4, 0.5) is 0 Å². The quantitative estimate of drug-likeness (QED) is 0.212. The zero-order valence-electron chi connectivity index (χ0n) is 21.7. The molecule has 0 spiro atoms. The highest BCUT2D eigenvalue weighted by molar-refractivity contribution is 7.20. The second-order valence-corrected chi connectivity index (χ2v) is 11.8. The molecule has 0 saturated heterocycles. The predicted molar refractivity (Wildman–Crippen MR) is 168 cm³/mol. The summed E-state index contributed by atoms with van der Waals surface area (Å²) < 4.78 is 14.4. The Balaban J connectivity index is 1.15. The molecule has 3 heterocycles. The molecule has 9 rings (SSSR count). The Morgan fingerprint density at radius 2 is 1.30 bits per heavy atom. The number of rotatable bonds is 2. The number of hydrogen-bond donors (Lipinski definition) is 0. The second-order valence-electron chi connectivity index (χ2n) is 10.7. The maximum Gasteiger partial charge on any atom is 0.260 e. The van der Waals surface area contributed by atoms with Crippen LogP contribution in [0.5, 0.6) is 23.0 Å². The van der Waals surface area contributed by atoms with Gasteiger partial charge in [-0.15, -0.1) is 11.3 Å². The monoisotopic (exact) mass is 530 g/mol. The molecule has 1 aliphatic carbocycles. The standard InChI is InChI=1S/C36H23BO2S/c1-6-15-34-26(8-1)27-10-7-9-25(36(27)40-34)23-18-16-22(17-19-23)24-20-32-35-33(21-24)39-31-14-5-3-12-29(31)37(35)28-11-2-4-13-30(28)38-32/h2-7,9-21H,1,8H2. The van der Waals surface area contributed by atoms with E-state index in [-0.39, 0.29) is 6.71 Å². The maximum absolute atomic E-state index is 6.50. The molecule has 3 aliphatic rings. The topological polar surface area (TPSA) is 18.5 Å². The average Bonchev–Trinajstić information content (AvgIpc) is 3.40. The fourth-order valence-corrected chi connectivity index (χ4v) is 7.95. The van der Waals surface area contributed by atoms with Gasteiger partial charge in [0.25, 0.3) is 6.71 Å². The molecule has 0 amide bonds. The summed E-state index contributed by atoms with van der Waals surface area (Å²) in [5.41, 5.74) is 9.77. The number of para-hydroxylation sites is 2. The van der Waals surface area contributed by atoms with Gasteiger partial charge in [-0.1, -0.05) is 84.9 Å². The SMILES string of the molecule is C1=Cc2sc3c(-c4ccc(-c5cc6c7c(c5)Oc5ccccc5B7c5ccccc5O6)cc4)cccc3c2CC1. The lowest BCUT2D eigenvalue weighted by Crippen LogP contribution is -2.57. The number of hydrogen-bond acceptors (Lipinski definition) is 3. The number of thiophene rings is 1. The predicted octanol–water partition coefficient (Wildman–Crippen LogP) is 7.92. The van der Waals surface area contributed by atoms with Crippen molar-refractivity contribution in [1.82, 2.24) is 0 Å². The second kappa shape index (κ2) is 8.48. The molecule has 5 aromatic carbocycles. The minimum atomic E-state index is 0.100. The molecular formula is C36H23BO2S. The van der Waals surface area contributed by atoms with Crippen molar-refractivity contribution in [2.45, 2.75) is 12.8 Å². The van der Waals surface area contributed by atoms with Gasteiger partial charge in [0.15, 0.2) is 0 Å². The third-order valence-electron chi connectivity index (χ3n) is 8.50. The Morgan fingerprint density at radius 1 is 0.625 bits per heavy atom. The van der Waals surface area contributed by atoms with Crippen LogP contribution in [0.15, 0.2) is 109 Å². The highest BCUT2D eigenvalue weighted by Gasteiger charge is 2.40. The molecule has 0 fully saturated rings. The van der Waals surface area contributed by atoms with Crippen molar-refractivity contribution in [3.63, 3.8) is 0 Å². The molecular weight excluding hydrogens is 507 g/mol. The maximum atomic E-state index is 6.50. The van der Waals surface area contributed by atoms with Gasteiger partial charge in [-0.25, -0.2) is 0 Å². The van der Waals surface area contributed by atoms with Crippen molar-refractivity contribution >= 4 is 50.6 Å². The van der Waals surface area contributed by atoms with Crippen LogP contribution < -0.4 is 25.9 Å². The van der Waals surface area contributed by atoms with Crippen molar-refractivity contribution in [1.29, 1.82) is 0 Å². The van der Waals surface area contributed by atoms with E-state index in [0.717, 1.165) is 52.4 Å². The summed E-state index contributed by atoms with van der Waals surface area (Å²) in [7, 11) is 0. The summed E-state index contributed by atoms with van der Waals surface area (Å²) in [6, 6.07) is 36.8. The van der Waals surface area contributed by atoms with Crippen LogP contribution in [0.25, 0.3) is 38.4 Å². The van der Waals surface area contributed by atoms with Gasteiger partial charge >= 0.3 is 0 Å². The molecule has 0 bridgehead atoms. The molecule has 6 aromatic rings. The molecule has 1 aromatic heterocycles. The van der Waals surface area contributed by atoms with E-state index in [2.05, 4.69) is 103 Å². The Hall–Kier alpha value is -4.54. The van der Waals surface area contributed by atoms with Crippen LogP contribution in [0.1, 0.15) is 16.9 Å². The Morgan fingerprint density at radius 3 is 2.02 bits per heavy atom. The van der Waals surface area contributed by atoms with Crippen LogP contribution in [-0.4, -0.2) is 6.71 Å². The zero-order chi connectivity index (χ0) is 26.2. The molecule has 188 valence electrons. The zero-order valence-corrected chi connectivity index (χ0v) is 22.5. The molecule has 2 nitrogen and oxygen atoms in total. The van der Waals surface area contributed by atoms with E-state index in [1.165, 1.54) is 42.6 Å². The highest BCUT2D eigenvalue weighted by atomic mass is 32.1. The van der Waals surface area contributed by atoms with Gasteiger partial charge in [0.1, 0.15) is 23.0 Å². The molecule has 0 N–H and O–H groups in total. The van der Waals surface area contributed by atoms with E-state index >= 15 is 0 Å². The lowest BCUT2D eigenvalue weighted by atomic mass is 9.35. The number of ether oxygens (including phenoxy) is 2. The normalized spacial score (nSPS) is 14.1. The first-order valence-corrected chi connectivity index (χ1v) is 14.7. The number of allylic oxidation sites excluding steroid dienone is 1. The Labute approximate surface area is 237 Å². The molecule has 0 atom stereocenters. The van der Waals surface area contributed by atoms with E-state index in [0.29, 0.717) is 0 Å². The molecule has 4 heteroatoms. The lowest BCUT2D eigenvalue weighted by Gasteiger charge is -2.33. The van der Waals surface area contributed by atoms with E-state index in [4.69, 9.17) is 9.47 Å². The third-order valence-corrected chi connectivity index (χ3v) is 9.75. The first kappa shape index (κ1) is 22.3. The molecule has 0 unspecified atom stereocenters. The molecule has 0 saturated carbocycles. The van der Waals surface area contributed by atoms with Gasteiger partial charge in [0.05, 0.1) is 0 Å². The van der Waals surface area contributed by atoms with Crippen LogP contribution in [0.2, 0.25) is 0 Å². The summed E-state index contributed by atoms with van der Waals surface area (Å²) in [5, 5.41) is 1.41. The van der Waals surface area contributed by atoms with Gasteiger partial charge in [0, 0.05) is 15.0 Å². The summed E-state index contributed by atoms with van der Waals surface area (Å²) in [6.07, 6.45) is 6.86. The van der Waals surface area contributed by atoms with Crippen LogP contribution in [0, 0.1) is 0 Å². The number of fused-ring (bicyclic) bond motifs is 7. The van der Waals surface area contributed by atoms with Gasteiger partial charge in [-0.3, -0.25) is 0 Å². The van der Waals surface area contributed by atoms with Crippen molar-refractivity contribution < 1.29 is 9.47 Å². The van der Waals surface area contributed by atoms with E-state index in [9.17, 15) is 0 Å². The fourth-order valence-electron chi connectivity index (χ4n) is 6.63. The molecule has 40 heavy (non-hydrogen) atoms. The van der Waals surface area contributed by atoms with Gasteiger partial charge in [0.2, 0.25) is 0 Å². The van der Waals surface area contributed by atoms with Crippen molar-refractivity contribution in [2.24, 2.45) is 0 Å². The minimum Gasteiger partial charge on any atom is -0.458 e. The fraction of sp³-hybridized carbons (Fsp3) is 0.0556. The minimum absolute atomic E-state index is 0.100. The van der Waals surface area contributed by atoms with E-state index in [1.54, 1.807) is 0 Å². The Bertz CT molecular complexity index is 1950. The van der Waals surface area contributed by atoms with Crippen molar-refractivity contribution in [3.8, 4) is 45.3 Å². The molecule has 0 radical (unpaired) electrons. The van der Waals surface area contributed by atoms with Crippen LogP contribution in [0.3, 0.4) is 0 Å². The van der Waals surface area contributed by atoms with E-state index < -0.39 is 0 Å². The smallest absolute Gasteiger partial charge is 0.260 e. The first-order chi connectivity index (χ1) is 19.8. The van der Waals surface area contributed by atoms with Crippen LogP contribution >= 0.6 is 11.3 Å². The van der Waals surface area contributed by atoms with Gasteiger partial charge in [-0.2, -0.15) is 0 Å². The van der Waals surface area contributed by atoms with Gasteiger partial charge < -0.3 is 9.47 Å². The summed E-state index contributed by atoms with van der Waals surface area (Å²) >= 11 is 1.92. The Kier molecular flexibility index (Phi) is 4.73. The van der Waals surface area contributed by atoms with E-state index in [1.807, 2.05) is 23.5 Å². The summed E-state index contributed by atoms with van der Waals surface area (Å²) in [5.74, 6) is 3.57.